The van der Waals surface area contributed by atoms with Gasteiger partial charge in [0.05, 0.1) is 5.56 Å². The summed E-state index contributed by atoms with van der Waals surface area (Å²) in [6.07, 6.45) is -2.64. The molecule has 0 unspecified atom stereocenters. The standard InChI is InChI=1S/C14H17F3N2O/c1-19-8-6-12(7-9-19)18-13(20)10-2-4-11(5-3-10)14(15,16)17/h2-5,12H,6-9H2,1H3,(H,18,20). The van der Waals surface area contributed by atoms with Crippen LogP contribution < -0.4 is 5.32 Å². The topological polar surface area (TPSA) is 32.3 Å². The minimum atomic E-state index is -4.37. The second-order valence-electron chi connectivity index (χ2n) is 5.13. The van der Waals surface area contributed by atoms with Crippen LogP contribution in [-0.2, 0) is 6.18 Å². The SMILES string of the molecule is CN1CCC(NC(=O)c2ccc(C(F)(F)F)cc2)CC1. The molecule has 0 bridgehead atoms. The van der Waals surface area contributed by atoms with Crippen LogP contribution in [0.1, 0.15) is 28.8 Å². The van der Waals surface area contributed by atoms with Crippen LogP contribution in [0.5, 0.6) is 0 Å². The number of carbonyl (C=O) groups excluding carboxylic acids is 1. The molecule has 1 aromatic carbocycles. The van der Waals surface area contributed by atoms with E-state index in [1.807, 2.05) is 7.05 Å². The Kier molecular flexibility index (Phi) is 4.32. The Balaban J connectivity index is 1.96. The third-order valence-corrected chi connectivity index (χ3v) is 3.53. The van der Waals surface area contributed by atoms with Crippen LogP contribution in [0, 0.1) is 0 Å². The van der Waals surface area contributed by atoms with Crippen molar-refractivity contribution >= 4 is 5.91 Å². The van der Waals surface area contributed by atoms with E-state index in [1.54, 1.807) is 0 Å². The molecule has 6 heteroatoms. The zero-order valence-electron chi connectivity index (χ0n) is 11.2. The van der Waals surface area contributed by atoms with E-state index < -0.39 is 11.7 Å². The smallest absolute Gasteiger partial charge is 0.349 e. The lowest BCUT2D eigenvalue weighted by atomic mass is 10.0. The van der Waals surface area contributed by atoms with Gasteiger partial charge in [0.1, 0.15) is 0 Å². The molecule has 1 saturated heterocycles. The maximum absolute atomic E-state index is 12.4. The zero-order chi connectivity index (χ0) is 14.8. The zero-order valence-corrected chi connectivity index (χ0v) is 11.2. The van der Waals surface area contributed by atoms with Crippen LogP contribution in [-0.4, -0.2) is 37.0 Å². The van der Waals surface area contributed by atoms with E-state index in [2.05, 4.69) is 10.2 Å². The Morgan fingerprint density at radius 2 is 1.75 bits per heavy atom. The molecule has 1 amide bonds. The van der Waals surface area contributed by atoms with E-state index in [9.17, 15) is 18.0 Å². The van der Waals surface area contributed by atoms with Crippen LogP contribution in [0.25, 0.3) is 0 Å². The number of nitrogens with one attached hydrogen (secondary N) is 1. The number of hydrogen-bond donors (Lipinski definition) is 1. The van der Waals surface area contributed by atoms with Crippen molar-refractivity contribution in [2.75, 3.05) is 20.1 Å². The molecule has 1 heterocycles. The summed E-state index contributed by atoms with van der Waals surface area (Å²) in [6.45, 7) is 1.83. The largest absolute Gasteiger partial charge is 0.416 e. The molecule has 0 saturated carbocycles. The third kappa shape index (κ3) is 3.72. The van der Waals surface area contributed by atoms with Crippen LogP contribution in [0.4, 0.5) is 13.2 Å². The van der Waals surface area contributed by atoms with Crippen molar-refractivity contribution in [2.24, 2.45) is 0 Å². The Morgan fingerprint density at radius 3 is 2.25 bits per heavy atom. The molecule has 1 N–H and O–H groups in total. The normalized spacial score (nSPS) is 18.0. The highest BCUT2D eigenvalue weighted by molar-refractivity contribution is 5.94. The van der Waals surface area contributed by atoms with E-state index in [0.717, 1.165) is 38.1 Å². The van der Waals surface area contributed by atoms with E-state index in [1.165, 1.54) is 12.1 Å². The number of nitrogens with zero attached hydrogens (tertiary/aromatic N) is 1. The average molecular weight is 286 g/mol. The molecular formula is C14H17F3N2O. The monoisotopic (exact) mass is 286 g/mol. The highest BCUT2D eigenvalue weighted by Gasteiger charge is 2.30. The van der Waals surface area contributed by atoms with Gasteiger partial charge in [-0.05, 0) is 57.2 Å². The first-order chi connectivity index (χ1) is 9.36. The Morgan fingerprint density at radius 1 is 1.20 bits per heavy atom. The highest BCUT2D eigenvalue weighted by Crippen LogP contribution is 2.29. The summed E-state index contributed by atoms with van der Waals surface area (Å²) in [6, 6.07) is 4.40. The van der Waals surface area contributed by atoms with Crippen molar-refractivity contribution in [1.29, 1.82) is 0 Å². The first-order valence-electron chi connectivity index (χ1n) is 6.53. The molecule has 0 spiro atoms. The molecule has 0 aliphatic carbocycles. The molecule has 0 atom stereocenters. The number of halogens is 3. The summed E-state index contributed by atoms with van der Waals surface area (Å²) >= 11 is 0. The first-order valence-corrected chi connectivity index (χ1v) is 6.53. The lowest BCUT2D eigenvalue weighted by Gasteiger charge is -2.29. The van der Waals surface area contributed by atoms with Gasteiger partial charge >= 0.3 is 6.18 Å². The number of carbonyl (C=O) groups is 1. The molecule has 0 radical (unpaired) electrons. The minimum absolute atomic E-state index is 0.0981. The van der Waals surface area contributed by atoms with Crippen molar-refractivity contribution in [3.63, 3.8) is 0 Å². The van der Waals surface area contributed by atoms with Crippen LogP contribution in [0.2, 0.25) is 0 Å². The summed E-state index contributed by atoms with van der Waals surface area (Å²) in [7, 11) is 2.02. The fraction of sp³-hybridized carbons (Fsp3) is 0.500. The van der Waals surface area contributed by atoms with Gasteiger partial charge in [0.25, 0.3) is 5.91 Å². The van der Waals surface area contributed by atoms with Crippen LogP contribution in [0.3, 0.4) is 0 Å². The van der Waals surface area contributed by atoms with Gasteiger partial charge in [0.15, 0.2) is 0 Å². The van der Waals surface area contributed by atoms with E-state index >= 15 is 0 Å². The number of piperidine rings is 1. The predicted octanol–water partition coefficient (Wildman–Crippen LogP) is 2.53. The number of alkyl halides is 3. The second-order valence-corrected chi connectivity index (χ2v) is 5.13. The number of rotatable bonds is 2. The Bertz CT molecular complexity index is 462. The molecule has 2 rings (SSSR count). The van der Waals surface area contributed by atoms with Crippen molar-refractivity contribution in [3.8, 4) is 0 Å². The van der Waals surface area contributed by atoms with Crippen LogP contribution in [0.15, 0.2) is 24.3 Å². The maximum atomic E-state index is 12.4. The fourth-order valence-electron chi connectivity index (χ4n) is 2.23. The number of likely N-dealkylation sites (tertiary alicyclic amines) is 1. The molecule has 1 fully saturated rings. The molecule has 1 aliphatic rings. The van der Waals surface area contributed by atoms with Crippen molar-refractivity contribution in [2.45, 2.75) is 25.1 Å². The number of benzene rings is 1. The molecule has 3 nitrogen and oxygen atoms in total. The van der Waals surface area contributed by atoms with Gasteiger partial charge in [-0.25, -0.2) is 0 Å². The highest BCUT2D eigenvalue weighted by atomic mass is 19.4. The second kappa shape index (κ2) is 5.83. The molecular weight excluding hydrogens is 269 g/mol. The average Bonchev–Trinajstić information content (AvgIpc) is 2.40. The van der Waals surface area contributed by atoms with Crippen LogP contribution >= 0.6 is 0 Å². The quantitative estimate of drug-likeness (QED) is 0.906. The van der Waals surface area contributed by atoms with Gasteiger partial charge in [-0.1, -0.05) is 0 Å². The summed E-state index contributed by atoms with van der Waals surface area (Å²) in [5.74, 6) is -0.312. The molecule has 110 valence electrons. The third-order valence-electron chi connectivity index (χ3n) is 3.53. The van der Waals surface area contributed by atoms with Gasteiger partial charge < -0.3 is 10.2 Å². The van der Waals surface area contributed by atoms with E-state index in [4.69, 9.17) is 0 Å². The fourth-order valence-corrected chi connectivity index (χ4v) is 2.23. The maximum Gasteiger partial charge on any atom is 0.416 e. The van der Waals surface area contributed by atoms with Gasteiger partial charge in [0, 0.05) is 11.6 Å². The summed E-state index contributed by atoms with van der Waals surface area (Å²) in [4.78, 5) is 14.1. The molecule has 0 aromatic heterocycles. The Hall–Kier alpha value is -1.56. The van der Waals surface area contributed by atoms with E-state index in [-0.39, 0.29) is 17.5 Å². The molecule has 20 heavy (non-hydrogen) atoms. The molecule has 1 aromatic rings. The molecule has 1 aliphatic heterocycles. The summed E-state index contributed by atoms with van der Waals surface area (Å²) in [5, 5.41) is 2.87. The van der Waals surface area contributed by atoms with Gasteiger partial charge in [-0.15, -0.1) is 0 Å². The van der Waals surface area contributed by atoms with Crippen molar-refractivity contribution < 1.29 is 18.0 Å². The van der Waals surface area contributed by atoms with Gasteiger partial charge in [-0.2, -0.15) is 13.2 Å². The van der Waals surface area contributed by atoms with Gasteiger partial charge in [-0.3, -0.25) is 4.79 Å². The summed E-state index contributed by atoms with van der Waals surface area (Å²) in [5.41, 5.74) is -0.481. The lowest BCUT2D eigenvalue weighted by Crippen LogP contribution is -2.43. The lowest BCUT2D eigenvalue weighted by molar-refractivity contribution is -0.137. The van der Waals surface area contributed by atoms with E-state index in [0.29, 0.717) is 0 Å². The summed E-state index contributed by atoms with van der Waals surface area (Å²) < 4.78 is 37.3. The predicted molar refractivity (Wildman–Crippen MR) is 69.4 cm³/mol. The van der Waals surface area contributed by atoms with Crippen molar-refractivity contribution in [1.82, 2.24) is 10.2 Å². The van der Waals surface area contributed by atoms with Crippen molar-refractivity contribution in [3.05, 3.63) is 35.4 Å². The Labute approximate surface area is 115 Å². The number of hydrogen-bond acceptors (Lipinski definition) is 2. The van der Waals surface area contributed by atoms with Gasteiger partial charge in [0.2, 0.25) is 0 Å². The minimum Gasteiger partial charge on any atom is -0.349 e. The first kappa shape index (κ1) is 14.8. The number of amides is 1.